The fourth-order valence-corrected chi connectivity index (χ4v) is 4.08. The van der Waals surface area contributed by atoms with Gasteiger partial charge in [-0.15, -0.1) is 0 Å². The molecular formula is C20H25BrClN3O. The molecule has 1 atom stereocenters. The number of nitrogens with one attached hydrogen (secondary N) is 1. The predicted molar refractivity (Wildman–Crippen MR) is 112 cm³/mol. The number of anilines is 1. The molecular weight excluding hydrogens is 414 g/mol. The van der Waals surface area contributed by atoms with Gasteiger partial charge in [0, 0.05) is 34.9 Å². The van der Waals surface area contributed by atoms with Crippen LogP contribution in [0, 0.1) is 11.8 Å². The van der Waals surface area contributed by atoms with E-state index in [4.69, 9.17) is 16.6 Å². The van der Waals surface area contributed by atoms with Gasteiger partial charge in [-0.05, 0) is 49.9 Å². The summed E-state index contributed by atoms with van der Waals surface area (Å²) in [7, 11) is 0. The number of amides is 1. The van der Waals surface area contributed by atoms with Gasteiger partial charge in [-0.25, -0.2) is 4.98 Å². The van der Waals surface area contributed by atoms with Crippen LogP contribution < -0.4 is 10.2 Å². The number of hydrogen-bond acceptors (Lipinski definition) is 3. The number of piperidine rings is 1. The Morgan fingerprint density at radius 2 is 1.96 bits per heavy atom. The van der Waals surface area contributed by atoms with Crippen LogP contribution in [0.4, 0.5) is 5.82 Å². The maximum absolute atomic E-state index is 12.4. The van der Waals surface area contributed by atoms with Crippen LogP contribution in [0.2, 0.25) is 5.02 Å². The molecule has 4 nitrogen and oxygen atoms in total. The van der Waals surface area contributed by atoms with Crippen LogP contribution in [0.5, 0.6) is 0 Å². The Labute approximate surface area is 168 Å². The lowest BCUT2D eigenvalue weighted by atomic mass is 9.95. The summed E-state index contributed by atoms with van der Waals surface area (Å²) in [5.74, 6) is 1.65. The van der Waals surface area contributed by atoms with Gasteiger partial charge in [0.15, 0.2) is 0 Å². The molecule has 1 amide bonds. The summed E-state index contributed by atoms with van der Waals surface area (Å²) in [5, 5.41) is 4.81. The Kier molecular flexibility index (Phi) is 6.08. The topological polar surface area (TPSA) is 45.2 Å². The number of carbonyl (C=O) groups excluding carboxylic acids is 1. The predicted octanol–water partition coefficient (Wildman–Crippen LogP) is 5.03. The molecule has 26 heavy (non-hydrogen) atoms. The molecule has 1 unspecified atom stereocenters. The zero-order valence-electron chi connectivity index (χ0n) is 15.4. The van der Waals surface area contributed by atoms with Gasteiger partial charge in [0.25, 0.3) is 0 Å². The number of hydrogen-bond donors (Lipinski definition) is 1. The molecule has 2 aromatic rings. The number of fused-ring (bicyclic) bond motifs is 1. The van der Waals surface area contributed by atoms with Gasteiger partial charge in [0.05, 0.1) is 10.5 Å². The summed E-state index contributed by atoms with van der Waals surface area (Å²) in [4.78, 5) is 19.4. The smallest absolute Gasteiger partial charge is 0.223 e. The van der Waals surface area contributed by atoms with Gasteiger partial charge in [0.2, 0.25) is 5.91 Å². The fourth-order valence-electron chi connectivity index (χ4n) is 3.20. The summed E-state index contributed by atoms with van der Waals surface area (Å²) in [6.07, 6.45) is 1.70. The number of pyridine rings is 1. The van der Waals surface area contributed by atoms with E-state index in [9.17, 15) is 4.79 Å². The Balaban J connectivity index is 1.66. The number of rotatable bonds is 4. The Morgan fingerprint density at radius 1 is 1.27 bits per heavy atom. The largest absolute Gasteiger partial charge is 0.357 e. The molecule has 2 heterocycles. The fraction of sp³-hybridized carbons (Fsp3) is 0.500. The summed E-state index contributed by atoms with van der Waals surface area (Å²) >= 11 is 9.81. The third-order valence-electron chi connectivity index (χ3n) is 5.26. The van der Waals surface area contributed by atoms with Crippen molar-refractivity contribution in [1.29, 1.82) is 0 Å². The molecule has 1 aromatic heterocycles. The molecule has 0 radical (unpaired) electrons. The van der Waals surface area contributed by atoms with E-state index >= 15 is 0 Å². The molecule has 3 rings (SSSR count). The van der Waals surface area contributed by atoms with E-state index in [1.54, 1.807) is 0 Å². The number of carbonyl (C=O) groups is 1. The highest BCUT2D eigenvalue weighted by Gasteiger charge is 2.27. The van der Waals surface area contributed by atoms with E-state index in [0.717, 1.165) is 47.1 Å². The van der Waals surface area contributed by atoms with Crippen LogP contribution in [0.1, 0.15) is 33.6 Å². The van der Waals surface area contributed by atoms with Gasteiger partial charge < -0.3 is 10.2 Å². The van der Waals surface area contributed by atoms with E-state index in [0.29, 0.717) is 10.9 Å². The van der Waals surface area contributed by atoms with Crippen molar-refractivity contribution in [3.63, 3.8) is 0 Å². The SMILES string of the molecule is CC(C)C(C)NC(=O)C1CCN(c2ccc3cc(Br)cc(Cl)c3n2)CC1. The van der Waals surface area contributed by atoms with Gasteiger partial charge in [-0.3, -0.25) is 4.79 Å². The van der Waals surface area contributed by atoms with Crippen molar-refractivity contribution in [2.75, 3.05) is 18.0 Å². The average Bonchev–Trinajstić information content (AvgIpc) is 2.61. The minimum atomic E-state index is 0.0902. The summed E-state index contributed by atoms with van der Waals surface area (Å²) in [5.41, 5.74) is 0.818. The first-order valence-electron chi connectivity index (χ1n) is 9.16. The van der Waals surface area contributed by atoms with Crippen LogP contribution in [-0.2, 0) is 4.79 Å². The Morgan fingerprint density at radius 3 is 2.62 bits per heavy atom. The quantitative estimate of drug-likeness (QED) is 0.728. The maximum atomic E-state index is 12.4. The molecule has 1 N–H and O–H groups in total. The van der Waals surface area contributed by atoms with Crippen LogP contribution in [0.15, 0.2) is 28.7 Å². The van der Waals surface area contributed by atoms with Crippen LogP contribution in [0.25, 0.3) is 10.9 Å². The van der Waals surface area contributed by atoms with Crippen molar-refractivity contribution >= 4 is 50.2 Å². The molecule has 1 fully saturated rings. The van der Waals surface area contributed by atoms with Crippen LogP contribution in [-0.4, -0.2) is 30.0 Å². The third kappa shape index (κ3) is 4.32. The third-order valence-corrected chi connectivity index (χ3v) is 6.00. The normalized spacial score (nSPS) is 16.9. The molecule has 0 bridgehead atoms. The molecule has 1 aliphatic rings. The van der Waals surface area contributed by atoms with Gasteiger partial charge in [-0.2, -0.15) is 0 Å². The molecule has 0 aliphatic carbocycles. The monoisotopic (exact) mass is 437 g/mol. The Bertz CT molecular complexity index is 803. The van der Waals surface area contributed by atoms with E-state index in [1.807, 2.05) is 18.2 Å². The minimum absolute atomic E-state index is 0.0902. The lowest BCUT2D eigenvalue weighted by Gasteiger charge is -2.33. The number of aromatic nitrogens is 1. The highest BCUT2D eigenvalue weighted by molar-refractivity contribution is 9.10. The first kappa shape index (κ1) is 19.4. The molecule has 140 valence electrons. The molecule has 1 aromatic carbocycles. The highest BCUT2D eigenvalue weighted by Crippen LogP contribution is 2.30. The standard InChI is InChI=1S/C20H25BrClN3O/c1-12(2)13(3)23-20(26)14-6-8-25(9-7-14)18-5-4-15-10-16(21)11-17(22)19(15)24-18/h4-5,10-14H,6-9H2,1-3H3,(H,23,26). The van der Waals surface area contributed by atoms with Crippen molar-refractivity contribution in [2.24, 2.45) is 11.8 Å². The number of halogens is 2. The summed E-state index contributed by atoms with van der Waals surface area (Å²) in [6.45, 7) is 7.99. The van der Waals surface area contributed by atoms with Gasteiger partial charge in [0.1, 0.15) is 5.82 Å². The highest BCUT2D eigenvalue weighted by atomic mass is 79.9. The molecule has 6 heteroatoms. The minimum Gasteiger partial charge on any atom is -0.357 e. The van der Waals surface area contributed by atoms with Crippen molar-refractivity contribution < 1.29 is 4.79 Å². The Hall–Kier alpha value is -1.33. The van der Waals surface area contributed by atoms with Crippen LogP contribution in [0.3, 0.4) is 0 Å². The van der Waals surface area contributed by atoms with Gasteiger partial charge >= 0.3 is 0 Å². The second-order valence-corrected chi connectivity index (χ2v) is 8.75. The van der Waals surface area contributed by atoms with Crippen molar-refractivity contribution in [2.45, 2.75) is 39.7 Å². The molecule has 0 spiro atoms. The van der Waals surface area contributed by atoms with Gasteiger partial charge in [-0.1, -0.05) is 41.4 Å². The zero-order valence-corrected chi connectivity index (χ0v) is 17.8. The lowest BCUT2D eigenvalue weighted by Crippen LogP contribution is -2.44. The van der Waals surface area contributed by atoms with Crippen LogP contribution >= 0.6 is 27.5 Å². The summed E-state index contributed by atoms with van der Waals surface area (Å²) < 4.78 is 0.951. The second-order valence-electron chi connectivity index (χ2n) is 7.43. The number of nitrogens with zero attached hydrogens (tertiary/aromatic N) is 2. The van der Waals surface area contributed by atoms with E-state index in [2.05, 4.69) is 53.0 Å². The first-order valence-corrected chi connectivity index (χ1v) is 10.3. The van der Waals surface area contributed by atoms with E-state index in [1.165, 1.54) is 0 Å². The zero-order chi connectivity index (χ0) is 18.8. The number of benzene rings is 1. The van der Waals surface area contributed by atoms with Crippen molar-refractivity contribution in [1.82, 2.24) is 10.3 Å². The maximum Gasteiger partial charge on any atom is 0.223 e. The van der Waals surface area contributed by atoms with Crippen molar-refractivity contribution in [3.8, 4) is 0 Å². The van der Waals surface area contributed by atoms with E-state index < -0.39 is 0 Å². The second kappa shape index (κ2) is 8.13. The first-order chi connectivity index (χ1) is 12.3. The molecule has 1 saturated heterocycles. The molecule has 0 saturated carbocycles. The van der Waals surface area contributed by atoms with E-state index in [-0.39, 0.29) is 17.9 Å². The average molecular weight is 439 g/mol. The lowest BCUT2D eigenvalue weighted by molar-refractivity contribution is -0.126. The molecule has 1 aliphatic heterocycles. The summed E-state index contributed by atoms with van der Waals surface area (Å²) in [6, 6.07) is 8.19. The van der Waals surface area contributed by atoms with Crippen molar-refractivity contribution in [3.05, 3.63) is 33.8 Å².